The molecule has 1 aromatic heterocycles. The van der Waals surface area contributed by atoms with Gasteiger partial charge in [0, 0.05) is 49.3 Å². The van der Waals surface area contributed by atoms with Crippen LogP contribution in [0.3, 0.4) is 0 Å². The predicted molar refractivity (Wildman–Crippen MR) is 144 cm³/mol. The van der Waals surface area contributed by atoms with Crippen molar-refractivity contribution >= 4 is 47.2 Å². The van der Waals surface area contributed by atoms with Crippen molar-refractivity contribution in [2.24, 2.45) is 10.9 Å². The van der Waals surface area contributed by atoms with Gasteiger partial charge >= 0.3 is 0 Å². The number of hydrogen-bond acceptors (Lipinski definition) is 4. The van der Waals surface area contributed by atoms with Gasteiger partial charge in [-0.15, -0.1) is 35.3 Å². The summed E-state index contributed by atoms with van der Waals surface area (Å²) in [4.78, 5) is 23.8. The summed E-state index contributed by atoms with van der Waals surface area (Å²) in [6.07, 6.45) is 1.50. The van der Waals surface area contributed by atoms with Crippen LogP contribution in [0, 0.1) is 5.92 Å². The molecule has 2 aromatic rings. The molecule has 8 heteroatoms. The summed E-state index contributed by atoms with van der Waals surface area (Å²) in [5.74, 6) is 1.34. The first-order chi connectivity index (χ1) is 14.8. The van der Waals surface area contributed by atoms with Crippen molar-refractivity contribution in [1.29, 1.82) is 0 Å². The van der Waals surface area contributed by atoms with Gasteiger partial charge in [-0.25, -0.2) is 9.98 Å². The largest absolute Gasteiger partial charge is 0.357 e. The van der Waals surface area contributed by atoms with E-state index in [0.717, 1.165) is 49.3 Å². The zero-order valence-corrected chi connectivity index (χ0v) is 22.7. The van der Waals surface area contributed by atoms with E-state index < -0.39 is 0 Å². The maximum Gasteiger partial charge on any atom is 0.223 e. The standard InChI is InChI=1S/C24H35N5OS.HI/c1-5-25-23(27-15-20-17-31-22(28-20)24(2,3)4)26-14-19-13-21(30)29(16-19)12-11-18-9-7-6-8-10-18;/h6-10,17,19H,5,11-16H2,1-4H3,(H2,25,26,27);1H. The molecule has 1 saturated heterocycles. The number of aromatic nitrogens is 1. The van der Waals surface area contributed by atoms with Crippen molar-refractivity contribution in [2.45, 2.75) is 52.5 Å². The number of rotatable bonds is 8. The molecular weight excluding hydrogens is 533 g/mol. The molecule has 1 atom stereocenters. The van der Waals surface area contributed by atoms with E-state index in [1.54, 1.807) is 11.3 Å². The average molecular weight is 570 g/mol. The van der Waals surface area contributed by atoms with Crippen LogP contribution in [0.1, 0.15) is 50.4 Å². The minimum absolute atomic E-state index is 0. The SMILES string of the molecule is CCNC(=NCc1csc(C(C)(C)C)n1)NCC1CC(=O)N(CCc2ccccc2)C1.I. The summed E-state index contributed by atoms with van der Waals surface area (Å²) < 4.78 is 0. The summed E-state index contributed by atoms with van der Waals surface area (Å²) in [5, 5.41) is 9.95. The lowest BCUT2D eigenvalue weighted by Crippen LogP contribution is -2.40. The molecule has 1 aliphatic heterocycles. The van der Waals surface area contributed by atoms with Crippen LogP contribution in [0.25, 0.3) is 0 Å². The molecule has 176 valence electrons. The second-order valence-electron chi connectivity index (χ2n) is 9.12. The number of thiazole rings is 1. The van der Waals surface area contributed by atoms with Gasteiger partial charge in [0.2, 0.25) is 5.91 Å². The fourth-order valence-electron chi connectivity index (χ4n) is 3.58. The van der Waals surface area contributed by atoms with E-state index >= 15 is 0 Å². The van der Waals surface area contributed by atoms with Crippen molar-refractivity contribution in [3.8, 4) is 0 Å². The second kappa shape index (κ2) is 12.5. The quantitative estimate of drug-likeness (QED) is 0.284. The van der Waals surface area contributed by atoms with Crippen molar-refractivity contribution in [2.75, 3.05) is 26.2 Å². The molecule has 2 N–H and O–H groups in total. The predicted octanol–water partition coefficient (Wildman–Crippen LogP) is 4.20. The molecule has 1 aliphatic rings. The lowest BCUT2D eigenvalue weighted by Gasteiger charge is -2.18. The van der Waals surface area contributed by atoms with E-state index in [0.29, 0.717) is 18.9 Å². The molecule has 0 aliphatic carbocycles. The Kier molecular flexibility index (Phi) is 10.4. The van der Waals surface area contributed by atoms with Gasteiger partial charge in [0.05, 0.1) is 17.2 Å². The van der Waals surface area contributed by atoms with Crippen LogP contribution in [0.2, 0.25) is 0 Å². The molecule has 1 aromatic carbocycles. The number of benzene rings is 1. The van der Waals surface area contributed by atoms with Gasteiger partial charge in [-0.3, -0.25) is 4.79 Å². The number of hydrogen-bond donors (Lipinski definition) is 2. The van der Waals surface area contributed by atoms with Crippen LogP contribution < -0.4 is 10.6 Å². The van der Waals surface area contributed by atoms with Crippen LogP contribution in [0.4, 0.5) is 0 Å². The first-order valence-corrected chi connectivity index (χ1v) is 12.0. The number of halogens is 1. The van der Waals surface area contributed by atoms with Crippen LogP contribution >= 0.6 is 35.3 Å². The molecular formula is C24H36IN5OS. The Hall–Kier alpha value is -1.68. The van der Waals surface area contributed by atoms with Crippen LogP contribution in [0.15, 0.2) is 40.7 Å². The summed E-state index contributed by atoms with van der Waals surface area (Å²) in [6, 6.07) is 10.3. The van der Waals surface area contributed by atoms with Crippen molar-refractivity contribution < 1.29 is 4.79 Å². The molecule has 2 heterocycles. The zero-order chi connectivity index (χ0) is 22.3. The second-order valence-corrected chi connectivity index (χ2v) is 9.97. The third kappa shape index (κ3) is 8.03. The monoisotopic (exact) mass is 569 g/mol. The van der Waals surface area contributed by atoms with Gasteiger partial charge in [-0.2, -0.15) is 0 Å². The first kappa shape index (κ1) is 26.6. The minimum Gasteiger partial charge on any atom is -0.357 e. The van der Waals surface area contributed by atoms with Gasteiger partial charge in [0.15, 0.2) is 5.96 Å². The van der Waals surface area contributed by atoms with Gasteiger partial charge < -0.3 is 15.5 Å². The Labute approximate surface area is 213 Å². The highest BCUT2D eigenvalue weighted by atomic mass is 127. The molecule has 1 amide bonds. The van der Waals surface area contributed by atoms with Crippen LogP contribution in [0.5, 0.6) is 0 Å². The summed E-state index contributed by atoms with van der Waals surface area (Å²) in [5.41, 5.74) is 2.34. The van der Waals surface area contributed by atoms with Crippen LogP contribution in [-0.4, -0.2) is 47.9 Å². The minimum atomic E-state index is 0. The molecule has 0 saturated carbocycles. The fourth-order valence-corrected chi connectivity index (χ4v) is 4.48. The van der Waals surface area contributed by atoms with E-state index in [-0.39, 0.29) is 35.3 Å². The summed E-state index contributed by atoms with van der Waals surface area (Å²) in [6.45, 7) is 12.3. The third-order valence-corrected chi connectivity index (χ3v) is 6.62. The zero-order valence-electron chi connectivity index (χ0n) is 19.6. The fraction of sp³-hybridized carbons (Fsp3) is 0.542. The molecule has 6 nitrogen and oxygen atoms in total. The van der Waals surface area contributed by atoms with E-state index in [1.807, 2.05) is 23.1 Å². The Bertz CT molecular complexity index is 878. The van der Waals surface area contributed by atoms with E-state index in [4.69, 9.17) is 9.98 Å². The highest BCUT2D eigenvalue weighted by Gasteiger charge is 2.29. The summed E-state index contributed by atoms with van der Waals surface area (Å²) in [7, 11) is 0. The number of amides is 1. The number of carbonyl (C=O) groups is 1. The van der Waals surface area contributed by atoms with Gasteiger partial charge in [0.1, 0.15) is 0 Å². The molecule has 0 radical (unpaired) electrons. The van der Waals surface area contributed by atoms with Gasteiger partial charge in [-0.1, -0.05) is 51.1 Å². The van der Waals surface area contributed by atoms with E-state index in [1.165, 1.54) is 5.56 Å². The Morgan fingerprint density at radius 1 is 1.25 bits per heavy atom. The molecule has 0 spiro atoms. The number of carbonyl (C=O) groups excluding carboxylic acids is 1. The molecule has 32 heavy (non-hydrogen) atoms. The lowest BCUT2D eigenvalue weighted by molar-refractivity contribution is -0.127. The Morgan fingerprint density at radius 2 is 2.00 bits per heavy atom. The molecule has 0 bridgehead atoms. The van der Waals surface area contributed by atoms with Gasteiger partial charge in [0.25, 0.3) is 0 Å². The Balaban J connectivity index is 0.00000363. The molecule has 3 rings (SSSR count). The summed E-state index contributed by atoms with van der Waals surface area (Å²) >= 11 is 1.69. The smallest absolute Gasteiger partial charge is 0.223 e. The Morgan fingerprint density at radius 3 is 2.66 bits per heavy atom. The van der Waals surface area contributed by atoms with Crippen molar-refractivity contribution in [1.82, 2.24) is 20.5 Å². The number of likely N-dealkylation sites (tertiary alicyclic amines) is 1. The molecule has 1 unspecified atom stereocenters. The number of aliphatic imine (C=N–C) groups is 1. The van der Waals surface area contributed by atoms with Gasteiger partial charge in [-0.05, 0) is 18.9 Å². The van der Waals surface area contributed by atoms with E-state index in [2.05, 4.69) is 55.8 Å². The van der Waals surface area contributed by atoms with Crippen molar-refractivity contribution in [3.05, 3.63) is 52.0 Å². The normalized spacial score (nSPS) is 16.8. The average Bonchev–Trinajstić information content (AvgIpc) is 3.36. The van der Waals surface area contributed by atoms with E-state index in [9.17, 15) is 4.79 Å². The topological polar surface area (TPSA) is 69.6 Å². The highest BCUT2D eigenvalue weighted by Crippen LogP contribution is 2.25. The maximum atomic E-state index is 12.4. The maximum absolute atomic E-state index is 12.4. The number of nitrogens with one attached hydrogen (secondary N) is 2. The number of guanidine groups is 1. The molecule has 1 fully saturated rings. The first-order valence-electron chi connectivity index (χ1n) is 11.1. The third-order valence-electron chi connectivity index (χ3n) is 5.30. The number of nitrogens with zero attached hydrogens (tertiary/aromatic N) is 3. The van der Waals surface area contributed by atoms with Crippen LogP contribution in [-0.2, 0) is 23.2 Å². The lowest BCUT2D eigenvalue weighted by atomic mass is 9.98. The highest BCUT2D eigenvalue weighted by molar-refractivity contribution is 14.0. The van der Waals surface area contributed by atoms with Crippen molar-refractivity contribution in [3.63, 3.8) is 0 Å².